The standard InChI is InChI=1S/C13H19F3/c1-8-2-4-9(5-3-8)10-6-11(14)13(16)12(15)7-10/h8-11H,2-7H2,1H3. The second-order valence-electron chi connectivity index (χ2n) is 5.44. The molecule has 0 bridgehead atoms. The number of allylic oxidation sites excluding steroid dienone is 2. The average Bonchev–Trinajstić information content (AvgIpc) is 2.26. The molecule has 0 aromatic rings. The molecule has 2 rings (SSSR count). The fourth-order valence-electron chi connectivity index (χ4n) is 3.07. The van der Waals surface area contributed by atoms with Crippen LogP contribution in [0.2, 0.25) is 0 Å². The van der Waals surface area contributed by atoms with Gasteiger partial charge in [0.15, 0.2) is 12.0 Å². The molecule has 1 saturated carbocycles. The molecule has 0 heterocycles. The van der Waals surface area contributed by atoms with Crippen LogP contribution in [0, 0.1) is 17.8 Å². The molecule has 0 N–H and O–H groups in total. The lowest BCUT2D eigenvalue weighted by Gasteiger charge is -2.35. The summed E-state index contributed by atoms with van der Waals surface area (Å²) in [5, 5.41) is 0. The Morgan fingerprint density at radius 2 is 1.62 bits per heavy atom. The van der Waals surface area contributed by atoms with Gasteiger partial charge in [0.05, 0.1) is 0 Å². The van der Waals surface area contributed by atoms with E-state index >= 15 is 0 Å². The van der Waals surface area contributed by atoms with E-state index in [2.05, 4.69) is 6.92 Å². The van der Waals surface area contributed by atoms with Crippen LogP contribution in [0.25, 0.3) is 0 Å². The van der Waals surface area contributed by atoms with Crippen molar-refractivity contribution in [1.82, 2.24) is 0 Å². The quantitative estimate of drug-likeness (QED) is 0.614. The molecule has 0 aliphatic heterocycles. The van der Waals surface area contributed by atoms with Crippen LogP contribution in [0.15, 0.2) is 11.7 Å². The van der Waals surface area contributed by atoms with Crippen molar-refractivity contribution >= 4 is 0 Å². The smallest absolute Gasteiger partial charge is 0.165 e. The Morgan fingerprint density at radius 3 is 2.19 bits per heavy atom. The molecule has 2 aliphatic carbocycles. The van der Waals surface area contributed by atoms with E-state index in [4.69, 9.17) is 0 Å². The minimum absolute atomic E-state index is 0.0157. The first-order valence-electron chi connectivity index (χ1n) is 6.26. The number of alkyl halides is 1. The van der Waals surface area contributed by atoms with Gasteiger partial charge in [0.1, 0.15) is 5.83 Å². The molecule has 0 amide bonds. The molecule has 0 radical (unpaired) electrons. The Bertz CT molecular complexity index is 277. The zero-order chi connectivity index (χ0) is 11.7. The van der Waals surface area contributed by atoms with Gasteiger partial charge in [-0.3, -0.25) is 0 Å². The van der Waals surface area contributed by atoms with Crippen LogP contribution in [-0.2, 0) is 0 Å². The summed E-state index contributed by atoms with van der Waals surface area (Å²) in [7, 11) is 0. The largest absolute Gasteiger partial charge is 0.240 e. The third kappa shape index (κ3) is 2.44. The van der Waals surface area contributed by atoms with E-state index in [0.717, 1.165) is 31.6 Å². The van der Waals surface area contributed by atoms with Crippen molar-refractivity contribution in [3.8, 4) is 0 Å². The first-order valence-corrected chi connectivity index (χ1v) is 6.26. The lowest BCUT2D eigenvalue weighted by atomic mass is 9.72. The van der Waals surface area contributed by atoms with Gasteiger partial charge in [-0.2, -0.15) is 0 Å². The van der Waals surface area contributed by atoms with Crippen LogP contribution in [0.1, 0.15) is 45.4 Å². The van der Waals surface area contributed by atoms with E-state index in [1.807, 2.05) is 0 Å². The highest BCUT2D eigenvalue weighted by molar-refractivity contribution is 5.11. The van der Waals surface area contributed by atoms with Crippen molar-refractivity contribution in [2.75, 3.05) is 0 Å². The van der Waals surface area contributed by atoms with E-state index in [1.165, 1.54) is 0 Å². The molecule has 2 atom stereocenters. The molecule has 0 saturated heterocycles. The normalized spacial score (nSPS) is 41.2. The van der Waals surface area contributed by atoms with Crippen LogP contribution < -0.4 is 0 Å². The number of hydrogen-bond donors (Lipinski definition) is 0. The Kier molecular flexibility index (Phi) is 3.60. The second kappa shape index (κ2) is 4.80. The lowest BCUT2D eigenvalue weighted by Crippen LogP contribution is -2.27. The first kappa shape index (κ1) is 12.0. The Hall–Kier alpha value is -0.470. The summed E-state index contributed by atoms with van der Waals surface area (Å²) in [4.78, 5) is 0. The summed E-state index contributed by atoms with van der Waals surface area (Å²) in [6.07, 6.45) is 2.99. The topological polar surface area (TPSA) is 0 Å². The lowest BCUT2D eigenvalue weighted by molar-refractivity contribution is 0.141. The molecular formula is C13H19F3. The van der Waals surface area contributed by atoms with Crippen molar-refractivity contribution in [1.29, 1.82) is 0 Å². The molecule has 16 heavy (non-hydrogen) atoms. The number of halogens is 3. The fraction of sp³-hybridized carbons (Fsp3) is 0.846. The zero-order valence-electron chi connectivity index (χ0n) is 9.69. The van der Waals surface area contributed by atoms with E-state index in [-0.39, 0.29) is 18.8 Å². The summed E-state index contributed by atoms with van der Waals surface area (Å²) < 4.78 is 39.3. The van der Waals surface area contributed by atoms with Gasteiger partial charge in [-0.1, -0.05) is 19.8 Å². The SMILES string of the molecule is CC1CCC(C2CC(F)=C(F)C(F)C2)CC1. The molecule has 0 aromatic carbocycles. The molecule has 0 spiro atoms. The van der Waals surface area contributed by atoms with Crippen LogP contribution >= 0.6 is 0 Å². The highest BCUT2D eigenvalue weighted by Gasteiger charge is 2.35. The third-order valence-corrected chi connectivity index (χ3v) is 4.21. The monoisotopic (exact) mass is 232 g/mol. The van der Waals surface area contributed by atoms with Crippen LogP contribution in [0.3, 0.4) is 0 Å². The van der Waals surface area contributed by atoms with Crippen LogP contribution in [-0.4, -0.2) is 6.17 Å². The maximum atomic E-state index is 13.2. The highest BCUT2D eigenvalue weighted by Crippen LogP contribution is 2.42. The van der Waals surface area contributed by atoms with Gasteiger partial charge >= 0.3 is 0 Å². The molecule has 3 heteroatoms. The van der Waals surface area contributed by atoms with Crippen molar-refractivity contribution in [2.45, 2.75) is 51.6 Å². The molecule has 92 valence electrons. The maximum Gasteiger partial charge on any atom is 0.165 e. The predicted molar refractivity (Wildman–Crippen MR) is 58.0 cm³/mol. The summed E-state index contributed by atoms with van der Waals surface area (Å²) in [5.74, 6) is -0.851. The predicted octanol–water partition coefficient (Wildman–Crippen LogP) is 4.71. The van der Waals surface area contributed by atoms with E-state index in [1.54, 1.807) is 0 Å². The molecule has 2 unspecified atom stereocenters. The number of rotatable bonds is 1. The summed E-state index contributed by atoms with van der Waals surface area (Å²) in [6.45, 7) is 2.22. The Balaban J connectivity index is 1.97. The first-order chi connectivity index (χ1) is 7.58. The van der Waals surface area contributed by atoms with E-state index < -0.39 is 17.8 Å². The molecule has 2 aliphatic rings. The molecule has 0 aromatic heterocycles. The van der Waals surface area contributed by atoms with Crippen molar-refractivity contribution in [2.24, 2.45) is 17.8 Å². The third-order valence-electron chi connectivity index (χ3n) is 4.21. The van der Waals surface area contributed by atoms with Gasteiger partial charge < -0.3 is 0 Å². The van der Waals surface area contributed by atoms with Crippen molar-refractivity contribution in [3.05, 3.63) is 11.7 Å². The van der Waals surface area contributed by atoms with Gasteiger partial charge in [0, 0.05) is 6.42 Å². The van der Waals surface area contributed by atoms with Crippen molar-refractivity contribution < 1.29 is 13.2 Å². The highest BCUT2D eigenvalue weighted by atomic mass is 19.2. The fourth-order valence-corrected chi connectivity index (χ4v) is 3.07. The summed E-state index contributed by atoms with van der Waals surface area (Å²) in [6, 6.07) is 0. The Morgan fingerprint density at radius 1 is 1.00 bits per heavy atom. The minimum atomic E-state index is -1.70. The summed E-state index contributed by atoms with van der Waals surface area (Å²) >= 11 is 0. The zero-order valence-corrected chi connectivity index (χ0v) is 9.69. The molecule has 1 fully saturated rings. The van der Waals surface area contributed by atoms with Gasteiger partial charge in [-0.25, -0.2) is 13.2 Å². The van der Waals surface area contributed by atoms with Gasteiger partial charge in [0.2, 0.25) is 0 Å². The van der Waals surface area contributed by atoms with E-state index in [0.29, 0.717) is 5.92 Å². The average molecular weight is 232 g/mol. The second-order valence-corrected chi connectivity index (χ2v) is 5.44. The maximum absolute atomic E-state index is 13.2. The molecule has 0 nitrogen and oxygen atoms in total. The van der Waals surface area contributed by atoms with E-state index in [9.17, 15) is 13.2 Å². The van der Waals surface area contributed by atoms with Crippen molar-refractivity contribution in [3.63, 3.8) is 0 Å². The number of hydrogen-bond acceptors (Lipinski definition) is 0. The van der Waals surface area contributed by atoms with Gasteiger partial charge in [-0.05, 0) is 37.0 Å². The van der Waals surface area contributed by atoms with Gasteiger partial charge in [0.25, 0.3) is 0 Å². The minimum Gasteiger partial charge on any atom is -0.240 e. The summed E-state index contributed by atoms with van der Waals surface area (Å²) in [5.41, 5.74) is 0. The van der Waals surface area contributed by atoms with Crippen LogP contribution in [0.5, 0.6) is 0 Å². The molecular weight excluding hydrogens is 213 g/mol. The van der Waals surface area contributed by atoms with Gasteiger partial charge in [-0.15, -0.1) is 0 Å². The Labute approximate surface area is 94.9 Å². The van der Waals surface area contributed by atoms with Crippen LogP contribution in [0.4, 0.5) is 13.2 Å².